The Bertz CT molecular complexity index is 406. The fraction of sp³-hybridized carbons (Fsp3) is 0.250. The van der Waals surface area contributed by atoms with Crippen LogP contribution in [0.3, 0.4) is 0 Å². The molecule has 2 rings (SSSR count). The van der Waals surface area contributed by atoms with Gasteiger partial charge in [-0.1, -0.05) is 0 Å². The molecule has 0 fully saturated rings. The number of rotatable bonds is 1. The second-order valence-electron chi connectivity index (χ2n) is 2.70. The van der Waals surface area contributed by atoms with Crippen molar-refractivity contribution < 1.29 is 0 Å². The van der Waals surface area contributed by atoms with Crippen LogP contribution in [0.5, 0.6) is 0 Å². The van der Waals surface area contributed by atoms with Gasteiger partial charge in [0.2, 0.25) is 5.82 Å². The lowest BCUT2D eigenvalue weighted by Crippen LogP contribution is -1.97. The van der Waals surface area contributed by atoms with Gasteiger partial charge in [-0.05, 0) is 30.9 Å². The molecule has 0 aromatic carbocycles. The van der Waals surface area contributed by atoms with E-state index in [9.17, 15) is 0 Å². The number of aromatic nitrogens is 4. The molecule has 4 nitrogen and oxygen atoms in total. The van der Waals surface area contributed by atoms with Gasteiger partial charge in [-0.2, -0.15) is 0 Å². The predicted octanol–water partition coefficient (Wildman–Crippen LogP) is 1.61. The van der Waals surface area contributed by atoms with Crippen LogP contribution in [0.2, 0.25) is 0 Å². The van der Waals surface area contributed by atoms with Crippen LogP contribution in [0.15, 0.2) is 11.4 Å². The first-order chi connectivity index (χ1) is 6.27. The van der Waals surface area contributed by atoms with Gasteiger partial charge in [-0.25, -0.2) is 0 Å². The molecule has 0 saturated carbocycles. The molecule has 0 radical (unpaired) electrons. The Hall–Kier alpha value is -1.36. The van der Waals surface area contributed by atoms with Crippen LogP contribution >= 0.6 is 11.3 Å². The molecule has 0 atom stereocenters. The SMILES string of the molecule is Cc1nnc(-c2sccc2C)nn1. The number of nitrogens with zero attached hydrogens (tertiary/aromatic N) is 4. The molecular weight excluding hydrogens is 184 g/mol. The highest BCUT2D eigenvalue weighted by atomic mass is 32.1. The van der Waals surface area contributed by atoms with Crippen LogP contribution in [-0.4, -0.2) is 20.4 Å². The minimum absolute atomic E-state index is 0.595. The van der Waals surface area contributed by atoms with Gasteiger partial charge in [-0.3, -0.25) is 0 Å². The lowest BCUT2D eigenvalue weighted by Gasteiger charge is -1.94. The van der Waals surface area contributed by atoms with Crippen molar-refractivity contribution in [3.63, 3.8) is 0 Å². The van der Waals surface area contributed by atoms with Gasteiger partial charge in [-0.15, -0.1) is 31.7 Å². The van der Waals surface area contributed by atoms with Crippen molar-refractivity contribution >= 4 is 11.3 Å². The maximum absolute atomic E-state index is 3.97. The van der Waals surface area contributed by atoms with Crippen LogP contribution < -0.4 is 0 Å². The molecule has 66 valence electrons. The minimum Gasteiger partial charge on any atom is -0.140 e. The summed E-state index contributed by atoms with van der Waals surface area (Å²) in [5.74, 6) is 1.20. The summed E-state index contributed by atoms with van der Waals surface area (Å²) in [5.41, 5.74) is 1.16. The second kappa shape index (κ2) is 3.18. The smallest absolute Gasteiger partial charge is 0.140 e. The Labute approximate surface area is 79.7 Å². The van der Waals surface area contributed by atoms with Gasteiger partial charge >= 0.3 is 0 Å². The lowest BCUT2D eigenvalue weighted by atomic mass is 10.3. The average Bonchev–Trinajstić information content (AvgIpc) is 2.53. The summed E-state index contributed by atoms with van der Waals surface area (Å²) in [6.45, 7) is 3.79. The highest BCUT2D eigenvalue weighted by Gasteiger charge is 2.06. The Balaban J connectivity index is 2.47. The largest absolute Gasteiger partial charge is 0.213 e. The summed E-state index contributed by atoms with van der Waals surface area (Å²) in [4.78, 5) is 1.04. The molecule has 2 aromatic heterocycles. The molecule has 2 aromatic rings. The molecule has 0 aliphatic carbocycles. The van der Waals surface area contributed by atoms with Gasteiger partial charge in [0.1, 0.15) is 0 Å². The molecule has 0 amide bonds. The fourth-order valence-electron chi connectivity index (χ4n) is 0.972. The van der Waals surface area contributed by atoms with E-state index in [0.717, 1.165) is 10.4 Å². The van der Waals surface area contributed by atoms with Crippen molar-refractivity contribution in [3.05, 3.63) is 22.8 Å². The zero-order chi connectivity index (χ0) is 9.26. The van der Waals surface area contributed by atoms with Crippen molar-refractivity contribution in [3.8, 4) is 10.7 Å². The summed E-state index contributed by atoms with van der Waals surface area (Å²) in [7, 11) is 0. The third kappa shape index (κ3) is 1.55. The third-order valence-corrected chi connectivity index (χ3v) is 2.66. The van der Waals surface area contributed by atoms with Crippen LogP contribution in [0.25, 0.3) is 10.7 Å². The first-order valence-electron chi connectivity index (χ1n) is 3.86. The van der Waals surface area contributed by atoms with Crippen LogP contribution in [0.1, 0.15) is 11.4 Å². The second-order valence-corrected chi connectivity index (χ2v) is 3.62. The fourth-order valence-corrected chi connectivity index (χ4v) is 1.82. The Morgan fingerprint density at radius 3 is 2.31 bits per heavy atom. The topological polar surface area (TPSA) is 51.6 Å². The summed E-state index contributed by atoms with van der Waals surface area (Å²) in [6.07, 6.45) is 0. The van der Waals surface area contributed by atoms with Crippen LogP contribution in [0.4, 0.5) is 0 Å². The van der Waals surface area contributed by atoms with Gasteiger partial charge in [0.05, 0.1) is 4.88 Å². The molecule has 0 spiro atoms. The van der Waals surface area contributed by atoms with E-state index in [1.807, 2.05) is 18.4 Å². The summed E-state index contributed by atoms with van der Waals surface area (Å²) in [5, 5.41) is 17.7. The molecule has 0 unspecified atom stereocenters. The maximum atomic E-state index is 3.97. The van der Waals surface area contributed by atoms with E-state index >= 15 is 0 Å². The molecule has 0 aliphatic rings. The number of aryl methyl sites for hydroxylation is 2. The molecule has 2 heterocycles. The summed E-state index contributed by atoms with van der Waals surface area (Å²) in [6, 6.07) is 2.03. The Kier molecular flexibility index (Phi) is 2.02. The van der Waals surface area contributed by atoms with Crippen molar-refractivity contribution in [2.75, 3.05) is 0 Å². The molecule has 0 aliphatic heterocycles. The van der Waals surface area contributed by atoms with Crippen molar-refractivity contribution in [2.45, 2.75) is 13.8 Å². The van der Waals surface area contributed by atoms with Crippen molar-refractivity contribution in [1.82, 2.24) is 20.4 Å². The molecule has 13 heavy (non-hydrogen) atoms. The standard InChI is InChI=1S/C8H8N4S/c1-5-3-4-13-7(5)8-11-9-6(2)10-12-8/h3-4H,1-2H3. The van der Waals surface area contributed by atoms with Crippen LogP contribution in [0, 0.1) is 13.8 Å². The maximum Gasteiger partial charge on any atom is 0.213 e. The Morgan fingerprint density at radius 1 is 1.08 bits per heavy atom. The number of hydrogen-bond donors (Lipinski definition) is 0. The average molecular weight is 192 g/mol. The first-order valence-corrected chi connectivity index (χ1v) is 4.74. The number of thiophene rings is 1. The normalized spacial score (nSPS) is 10.3. The van der Waals surface area contributed by atoms with Gasteiger partial charge in [0, 0.05) is 0 Å². The minimum atomic E-state index is 0.595. The van der Waals surface area contributed by atoms with E-state index in [0.29, 0.717) is 11.6 Å². The predicted molar refractivity (Wildman–Crippen MR) is 50.4 cm³/mol. The third-order valence-electron chi connectivity index (χ3n) is 1.64. The molecule has 0 N–H and O–H groups in total. The van der Waals surface area contributed by atoms with E-state index in [1.54, 1.807) is 18.3 Å². The highest BCUT2D eigenvalue weighted by molar-refractivity contribution is 7.13. The molecular formula is C8H8N4S. The van der Waals surface area contributed by atoms with Crippen molar-refractivity contribution in [2.24, 2.45) is 0 Å². The van der Waals surface area contributed by atoms with Gasteiger partial charge < -0.3 is 0 Å². The van der Waals surface area contributed by atoms with E-state index in [-0.39, 0.29) is 0 Å². The monoisotopic (exact) mass is 192 g/mol. The van der Waals surface area contributed by atoms with E-state index in [2.05, 4.69) is 20.4 Å². The highest BCUT2D eigenvalue weighted by Crippen LogP contribution is 2.24. The zero-order valence-corrected chi connectivity index (χ0v) is 8.17. The number of hydrogen-bond acceptors (Lipinski definition) is 5. The molecule has 5 heteroatoms. The molecule has 0 bridgehead atoms. The van der Waals surface area contributed by atoms with Gasteiger partial charge in [0.15, 0.2) is 5.82 Å². The Morgan fingerprint density at radius 2 is 1.77 bits per heavy atom. The quantitative estimate of drug-likeness (QED) is 0.688. The van der Waals surface area contributed by atoms with Gasteiger partial charge in [0.25, 0.3) is 0 Å². The van der Waals surface area contributed by atoms with E-state index < -0.39 is 0 Å². The van der Waals surface area contributed by atoms with E-state index in [4.69, 9.17) is 0 Å². The lowest BCUT2D eigenvalue weighted by molar-refractivity contribution is 0.817. The first kappa shape index (κ1) is 8.25. The summed E-state index contributed by atoms with van der Waals surface area (Å²) >= 11 is 1.60. The zero-order valence-electron chi connectivity index (χ0n) is 7.35. The van der Waals surface area contributed by atoms with Crippen LogP contribution in [-0.2, 0) is 0 Å². The van der Waals surface area contributed by atoms with Crippen molar-refractivity contribution in [1.29, 1.82) is 0 Å². The molecule has 0 saturated heterocycles. The van der Waals surface area contributed by atoms with E-state index in [1.165, 1.54) is 0 Å². The summed E-state index contributed by atoms with van der Waals surface area (Å²) < 4.78 is 0.